The highest BCUT2D eigenvalue weighted by atomic mass is 32.2. The summed E-state index contributed by atoms with van der Waals surface area (Å²) >= 11 is 1.25. The third-order valence-corrected chi connectivity index (χ3v) is 5.00. The molecule has 0 unspecified atom stereocenters. The first-order valence-corrected chi connectivity index (χ1v) is 9.65. The third-order valence-electron chi connectivity index (χ3n) is 3.69. The number of nitrogens with one attached hydrogen (secondary N) is 2. The summed E-state index contributed by atoms with van der Waals surface area (Å²) < 4.78 is 9.78. The topological polar surface area (TPSA) is 111 Å². The van der Waals surface area contributed by atoms with Gasteiger partial charge in [-0.2, -0.15) is 0 Å². The monoisotopic (exact) mass is 394 g/mol. The van der Waals surface area contributed by atoms with E-state index < -0.39 is 23.2 Å². The molecule has 146 valence electrons. The largest absolute Gasteiger partial charge is 0.464 e. The van der Waals surface area contributed by atoms with E-state index in [1.54, 1.807) is 38.1 Å². The number of carbonyl (C=O) groups is 4. The van der Waals surface area contributed by atoms with Crippen LogP contribution in [0.5, 0.6) is 0 Å². The van der Waals surface area contributed by atoms with Gasteiger partial charge in [-0.05, 0) is 38.1 Å². The number of rotatable bonds is 7. The van der Waals surface area contributed by atoms with Crippen molar-refractivity contribution in [2.45, 2.75) is 31.6 Å². The van der Waals surface area contributed by atoms with E-state index in [-0.39, 0.29) is 31.4 Å². The van der Waals surface area contributed by atoms with Crippen LogP contribution in [0.2, 0.25) is 0 Å². The molecule has 2 amide bonds. The Morgan fingerprint density at radius 1 is 1.15 bits per heavy atom. The zero-order chi connectivity index (χ0) is 19.8. The Balaban J connectivity index is 1.84. The second kappa shape index (κ2) is 9.96. The summed E-state index contributed by atoms with van der Waals surface area (Å²) in [5.74, 6) is -1.24. The predicted octanol–water partition coefficient (Wildman–Crippen LogP) is 1.36. The minimum Gasteiger partial charge on any atom is -0.464 e. The minimum atomic E-state index is -0.683. The Morgan fingerprint density at radius 3 is 2.41 bits per heavy atom. The lowest BCUT2D eigenvalue weighted by Crippen LogP contribution is -2.51. The molecule has 27 heavy (non-hydrogen) atoms. The number of anilines is 1. The van der Waals surface area contributed by atoms with Crippen LogP contribution in [-0.4, -0.2) is 54.0 Å². The van der Waals surface area contributed by atoms with Gasteiger partial charge in [-0.25, -0.2) is 9.59 Å². The molecular weight excluding hydrogens is 372 g/mol. The van der Waals surface area contributed by atoms with E-state index in [2.05, 4.69) is 10.6 Å². The summed E-state index contributed by atoms with van der Waals surface area (Å²) in [6.45, 7) is 3.95. The van der Waals surface area contributed by atoms with Gasteiger partial charge in [-0.3, -0.25) is 9.59 Å². The molecule has 1 aromatic rings. The molecule has 9 heteroatoms. The van der Waals surface area contributed by atoms with Crippen LogP contribution < -0.4 is 10.6 Å². The number of esters is 2. The van der Waals surface area contributed by atoms with E-state index in [4.69, 9.17) is 9.47 Å². The van der Waals surface area contributed by atoms with E-state index in [1.165, 1.54) is 11.8 Å². The lowest BCUT2D eigenvalue weighted by molar-refractivity contribution is -0.146. The molecule has 0 radical (unpaired) electrons. The molecule has 2 N–H and O–H groups in total. The van der Waals surface area contributed by atoms with Gasteiger partial charge in [0.2, 0.25) is 11.8 Å². The summed E-state index contributed by atoms with van der Waals surface area (Å²) in [6.07, 6.45) is -0.0221. The molecule has 0 aromatic heterocycles. The minimum absolute atomic E-state index is 0.0221. The highest BCUT2D eigenvalue weighted by Gasteiger charge is 2.34. The summed E-state index contributed by atoms with van der Waals surface area (Å²) in [4.78, 5) is 47.6. The molecule has 0 spiro atoms. The highest BCUT2D eigenvalue weighted by molar-refractivity contribution is 8.00. The predicted molar refractivity (Wildman–Crippen MR) is 100 cm³/mol. The molecular formula is C18H22N2O6S. The van der Waals surface area contributed by atoms with Crippen molar-refractivity contribution in [2.24, 2.45) is 0 Å². The summed E-state index contributed by atoms with van der Waals surface area (Å²) in [5.41, 5.74) is 0.903. The number of hydrogen-bond donors (Lipinski definition) is 2. The molecule has 1 saturated heterocycles. The fourth-order valence-electron chi connectivity index (χ4n) is 2.40. The average molecular weight is 394 g/mol. The van der Waals surface area contributed by atoms with Gasteiger partial charge in [0.05, 0.1) is 24.0 Å². The molecule has 8 nitrogen and oxygen atoms in total. The molecule has 1 aliphatic rings. The first kappa shape index (κ1) is 20.8. The van der Waals surface area contributed by atoms with Crippen LogP contribution >= 0.6 is 11.8 Å². The van der Waals surface area contributed by atoms with Crippen molar-refractivity contribution < 1.29 is 28.7 Å². The molecule has 0 aliphatic carbocycles. The zero-order valence-electron chi connectivity index (χ0n) is 15.2. The van der Waals surface area contributed by atoms with Crippen molar-refractivity contribution in [1.29, 1.82) is 0 Å². The Morgan fingerprint density at radius 2 is 1.81 bits per heavy atom. The Labute approximate surface area is 161 Å². The van der Waals surface area contributed by atoms with Crippen LogP contribution in [0.25, 0.3) is 0 Å². The maximum Gasteiger partial charge on any atom is 0.338 e. The van der Waals surface area contributed by atoms with Crippen molar-refractivity contribution in [1.82, 2.24) is 5.32 Å². The SMILES string of the molecule is CCOC(=O)c1ccc(NC(=O)C[C@@H]2SC[C@@H](C(=O)OCC)NC2=O)cc1. The number of thioether (sulfide) groups is 1. The van der Waals surface area contributed by atoms with Crippen molar-refractivity contribution in [2.75, 3.05) is 24.3 Å². The second-order valence-corrected chi connectivity index (χ2v) is 6.92. The van der Waals surface area contributed by atoms with Gasteiger partial charge in [0, 0.05) is 17.9 Å². The Bertz CT molecular complexity index is 706. The van der Waals surface area contributed by atoms with Crippen LogP contribution in [-0.2, 0) is 23.9 Å². The molecule has 1 aliphatic heterocycles. The fraction of sp³-hybridized carbons (Fsp3) is 0.444. The van der Waals surface area contributed by atoms with E-state index in [0.29, 0.717) is 17.0 Å². The lowest BCUT2D eigenvalue weighted by Gasteiger charge is -2.27. The maximum absolute atomic E-state index is 12.2. The second-order valence-electron chi connectivity index (χ2n) is 5.69. The van der Waals surface area contributed by atoms with Crippen molar-refractivity contribution in [3.8, 4) is 0 Å². The average Bonchev–Trinajstić information content (AvgIpc) is 2.64. The number of benzene rings is 1. The first-order chi connectivity index (χ1) is 12.9. The zero-order valence-corrected chi connectivity index (χ0v) is 16.0. The number of hydrogen-bond acceptors (Lipinski definition) is 7. The number of amides is 2. The third kappa shape index (κ3) is 5.99. The summed E-state index contributed by atoms with van der Waals surface area (Å²) in [5, 5.41) is 4.70. The smallest absolute Gasteiger partial charge is 0.338 e. The highest BCUT2D eigenvalue weighted by Crippen LogP contribution is 2.22. The van der Waals surface area contributed by atoms with E-state index in [0.717, 1.165) is 0 Å². The van der Waals surface area contributed by atoms with Gasteiger partial charge in [0.25, 0.3) is 0 Å². The van der Waals surface area contributed by atoms with Gasteiger partial charge in [0.1, 0.15) is 6.04 Å². The number of ether oxygens (including phenoxy) is 2. The van der Waals surface area contributed by atoms with E-state index in [9.17, 15) is 19.2 Å². The number of carbonyl (C=O) groups excluding carboxylic acids is 4. The quantitative estimate of drug-likeness (QED) is 0.672. The van der Waals surface area contributed by atoms with Crippen LogP contribution in [0.15, 0.2) is 24.3 Å². The lowest BCUT2D eigenvalue weighted by atomic mass is 10.2. The fourth-order valence-corrected chi connectivity index (χ4v) is 3.53. The van der Waals surface area contributed by atoms with Gasteiger partial charge >= 0.3 is 11.9 Å². The van der Waals surface area contributed by atoms with Crippen molar-refractivity contribution in [3.63, 3.8) is 0 Å². The van der Waals surface area contributed by atoms with Crippen LogP contribution in [0.1, 0.15) is 30.6 Å². The van der Waals surface area contributed by atoms with Gasteiger partial charge in [-0.15, -0.1) is 11.8 Å². The Kier molecular flexibility index (Phi) is 7.66. The van der Waals surface area contributed by atoms with E-state index in [1.807, 2.05) is 0 Å². The standard InChI is InChI=1S/C18H22N2O6S/c1-3-25-17(23)11-5-7-12(8-6-11)19-15(21)9-14-16(22)20-13(10-27-14)18(24)26-4-2/h5-8,13-14H,3-4,9-10H2,1-2H3,(H,19,21)(H,20,22)/t13-,14-/m0/s1. The molecule has 1 heterocycles. The van der Waals surface area contributed by atoms with E-state index >= 15 is 0 Å². The van der Waals surface area contributed by atoms with Crippen LogP contribution in [0, 0.1) is 0 Å². The van der Waals surface area contributed by atoms with Gasteiger partial charge in [0.15, 0.2) is 0 Å². The van der Waals surface area contributed by atoms with Crippen LogP contribution in [0.4, 0.5) is 5.69 Å². The summed E-state index contributed by atoms with van der Waals surface area (Å²) in [7, 11) is 0. The van der Waals surface area contributed by atoms with Crippen molar-refractivity contribution in [3.05, 3.63) is 29.8 Å². The molecule has 2 rings (SSSR count). The molecule has 2 atom stereocenters. The van der Waals surface area contributed by atoms with Crippen LogP contribution in [0.3, 0.4) is 0 Å². The normalized spacial score (nSPS) is 19.0. The van der Waals surface area contributed by atoms with Gasteiger partial charge in [-0.1, -0.05) is 0 Å². The van der Waals surface area contributed by atoms with Crippen molar-refractivity contribution >= 4 is 41.2 Å². The Hall–Kier alpha value is -2.55. The molecule has 1 aromatic carbocycles. The van der Waals surface area contributed by atoms with Gasteiger partial charge < -0.3 is 20.1 Å². The molecule has 0 bridgehead atoms. The molecule has 0 saturated carbocycles. The summed E-state index contributed by atoms with van der Waals surface area (Å²) in [6, 6.07) is 5.61. The maximum atomic E-state index is 12.2. The first-order valence-electron chi connectivity index (χ1n) is 8.60. The molecule has 1 fully saturated rings.